The van der Waals surface area contributed by atoms with Crippen LogP contribution in [0.5, 0.6) is 0 Å². The van der Waals surface area contributed by atoms with Crippen LogP contribution in [-0.4, -0.2) is 59.8 Å². The molecule has 2 fully saturated rings. The molecule has 23 heavy (non-hydrogen) atoms. The summed E-state index contributed by atoms with van der Waals surface area (Å²) >= 11 is 0. The highest BCUT2D eigenvalue weighted by molar-refractivity contribution is 5.80. The lowest BCUT2D eigenvalue weighted by Crippen LogP contribution is -2.45. The smallest absolute Gasteiger partial charge is 0.251 e. The summed E-state index contributed by atoms with van der Waals surface area (Å²) in [6.07, 6.45) is 3.58. The van der Waals surface area contributed by atoms with Gasteiger partial charge in [0.1, 0.15) is 11.9 Å². The Labute approximate surface area is 137 Å². The summed E-state index contributed by atoms with van der Waals surface area (Å²) in [5.41, 5.74) is 2.09. The molecule has 3 heterocycles. The molecule has 1 spiro atoms. The van der Waals surface area contributed by atoms with E-state index in [2.05, 4.69) is 10.1 Å². The van der Waals surface area contributed by atoms with E-state index in [-0.39, 0.29) is 17.6 Å². The zero-order valence-electron chi connectivity index (χ0n) is 14.6. The predicted octanol–water partition coefficient (Wildman–Crippen LogP) is 1.89. The van der Waals surface area contributed by atoms with Crippen molar-refractivity contribution in [3.63, 3.8) is 0 Å². The van der Waals surface area contributed by atoms with E-state index in [1.54, 1.807) is 19.0 Å². The summed E-state index contributed by atoms with van der Waals surface area (Å²) in [5, 5.41) is 4.03. The van der Waals surface area contributed by atoms with Gasteiger partial charge in [0.05, 0.1) is 11.3 Å². The summed E-state index contributed by atoms with van der Waals surface area (Å²) in [5.74, 6) is 1.01. The van der Waals surface area contributed by atoms with Crippen molar-refractivity contribution < 1.29 is 14.1 Å². The largest absolute Gasteiger partial charge is 0.362 e. The van der Waals surface area contributed by atoms with Gasteiger partial charge in [0, 0.05) is 39.3 Å². The topological polar surface area (TPSA) is 58.8 Å². The van der Waals surface area contributed by atoms with Gasteiger partial charge in [-0.1, -0.05) is 5.16 Å². The monoisotopic (exact) mass is 321 g/mol. The molecule has 0 aliphatic carbocycles. The number of likely N-dealkylation sites (N-methyl/N-ethyl adjacent to an activating group) is 1. The van der Waals surface area contributed by atoms with Crippen LogP contribution < -0.4 is 0 Å². The molecule has 0 unspecified atom stereocenters. The lowest BCUT2D eigenvalue weighted by atomic mass is 9.88. The standard InChI is InChI=1S/C17H27N3O3/c1-12-14(13(2)23-18-12)11-20-9-7-17(8-10-20)6-5-15(22-17)16(21)19(3)4/h15H,5-11H2,1-4H3/t15-/m1/s1. The Morgan fingerprint density at radius 1 is 1.30 bits per heavy atom. The van der Waals surface area contributed by atoms with E-state index < -0.39 is 0 Å². The number of rotatable bonds is 3. The molecule has 1 amide bonds. The number of hydrogen-bond acceptors (Lipinski definition) is 5. The van der Waals surface area contributed by atoms with E-state index in [4.69, 9.17) is 9.26 Å². The van der Waals surface area contributed by atoms with Crippen molar-refractivity contribution in [1.82, 2.24) is 15.0 Å². The molecular formula is C17H27N3O3. The molecule has 0 saturated carbocycles. The number of amides is 1. The number of hydrogen-bond donors (Lipinski definition) is 0. The minimum absolute atomic E-state index is 0.0917. The summed E-state index contributed by atoms with van der Waals surface area (Å²) < 4.78 is 11.4. The van der Waals surface area contributed by atoms with Crippen LogP contribution in [0, 0.1) is 13.8 Å². The van der Waals surface area contributed by atoms with Crippen LogP contribution in [0.4, 0.5) is 0 Å². The first-order valence-corrected chi connectivity index (χ1v) is 8.43. The molecule has 6 heteroatoms. The molecule has 0 N–H and O–H groups in total. The second-order valence-electron chi connectivity index (χ2n) is 7.14. The fourth-order valence-corrected chi connectivity index (χ4v) is 3.71. The average Bonchev–Trinajstić information content (AvgIpc) is 3.07. The molecule has 1 aromatic heterocycles. The van der Waals surface area contributed by atoms with Gasteiger partial charge in [-0.2, -0.15) is 0 Å². The molecule has 2 saturated heterocycles. The molecule has 1 atom stereocenters. The van der Waals surface area contributed by atoms with E-state index in [1.807, 2.05) is 13.8 Å². The first-order valence-electron chi connectivity index (χ1n) is 8.43. The second kappa shape index (κ2) is 6.24. The number of aromatic nitrogens is 1. The number of nitrogens with zero attached hydrogens (tertiary/aromatic N) is 3. The Bertz CT molecular complexity index is 554. The second-order valence-corrected chi connectivity index (χ2v) is 7.14. The summed E-state index contributed by atoms with van der Waals surface area (Å²) in [6, 6.07) is 0. The first kappa shape index (κ1) is 16.5. The van der Waals surface area contributed by atoms with Crippen LogP contribution in [0.25, 0.3) is 0 Å². The highest BCUT2D eigenvalue weighted by Crippen LogP contribution is 2.39. The highest BCUT2D eigenvalue weighted by Gasteiger charge is 2.45. The molecule has 0 aromatic carbocycles. The van der Waals surface area contributed by atoms with E-state index >= 15 is 0 Å². The van der Waals surface area contributed by atoms with Crippen LogP contribution in [-0.2, 0) is 16.1 Å². The third kappa shape index (κ3) is 3.28. The third-order valence-electron chi connectivity index (χ3n) is 5.30. The summed E-state index contributed by atoms with van der Waals surface area (Å²) in [4.78, 5) is 16.2. The van der Waals surface area contributed by atoms with Crippen LogP contribution >= 0.6 is 0 Å². The maximum atomic E-state index is 12.1. The highest BCUT2D eigenvalue weighted by atomic mass is 16.5. The van der Waals surface area contributed by atoms with Gasteiger partial charge in [-0.05, 0) is 39.5 Å². The van der Waals surface area contributed by atoms with Crippen molar-refractivity contribution in [3.8, 4) is 0 Å². The molecule has 0 bridgehead atoms. The lowest BCUT2D eigenvalue weighted by molar-refractivity contribution is -0.148. The van der Waals surface area contributed by atoms with Gasteiger partial charge in [-0.3, -0.25) is 9.69 Å². The van der Waals surface area contributed by atoms with Gasteiger partial charge in [-0.25, -0.2) is 0 Å². The third-order valence-corrected chi connectivity index (χ3v) is 5.30. The average molecular weight is 321 g/mol. The minimum Gasteiger partial charge on any atom is -0.362 e. The van der Waals surface area contributed by atoms with Crippen LogP contribution in [0.2, 0.25) is 0 Å². The van der Waals surface area contributed by atoms with Crippen LogP contribution in [0.1, 0.15) is 42.7 Å². The number of carbonyl (C=O) groups excluding carboxylic acids is 1. The van der Waals surface area contributed by atoms with Crippen molar-refractivity contribution in [2.45, 2.75) is 57.8 Å². The Hall–Kier alpha value is -1.40. The number of piperidine rings is 1. The summed E-state index contributed by atoms with van der Waals surface area (Å²) in [6.45, 7) is 6.84. The molecule has 128 valence electrons. The summed E-state index contributed by atoms with van der Waals surface area (Å²) in [7, 11) is 3.59. The molecule has 2 aliphatic rings. The number of carbonyl (C=O) groups is 1. The van der Waals surface area contributed by atoms with E-state index in [9.17, 15) is 4.79 Å². The zero-order chi connectivity index (χ0) is 16.6. The number of ether oxygens (including phenoxy) is 1. The van der Waals surface area contributed by atoms with Gasteiger partial charge >= 0.3 is 0 Å². The molecule has 6 nitrogen and oxygen atoms in total. The van der Waals surface area contributed by atoms with Crippen molar-refractivity contribution in [2.24, 2.45) is 0 Å². The molecule has 0 radical (unpaired) electrons. The van der Waals surface area contributed by atoms with Gasteiger partial charge in [0.15, 0.2) is 0 Å². The quantitative estimate of drug-likeness (QED) is 0.851. The Balaban J connectivity index is 1.56. The van der Waals surface area contributed by atoms with Gasteiger partial charge in [-0.15, -0.1) is 0 Å². The van der Waals surface area contributed by atoms with Crippen LogP contribution in [0.15, 0.2) is 4.52 Å². The molecule has 3 rings (SSSR count). The van der Waals surface area contributed by atoms with Crippen LogP contribution in [0.3, 0.4) is 0 Å². The number of aryl methyl sites for hydroxylation is 2. The zero-order valence-corrected chi connectivity index (χ0v) is 14.6. The fourth-order valence-electron chi connectivity index (χ4n) is 3.71. The lowest BCUT2D eigenvalue weighted by Gasteiger charge is -2.39. The van der Waals surface area contributed by atoms with Gasteiger partial charge in [0.25, 0.3) is 5.91 Å². The normalized spacial score (nSPS) is 24.3. The Morgan fingerprint density at radius 2 is 2.00 bits per heavy atom. The number of likely N-dealkylation sites (tertiary alicyclic amines) is 1. The van der Waals surface area contributed by atoms with E-state index in [1.165, 1.54) is 5.56 Å². The predicted molar refractivity (Wildman–Crippen MR) is 86.0 cm³/mol. The fraction of sp³-hybridized carbons (Fsp3) is 0.765. The minimum atomic E-state index is -0.251. The van der Waals surface area contributed by atoms with Gasteiger partial charge in [0.2, 0.25) is 0 Å². The Kier molecular flexibility index (Phi) is 4.47. The SMILES string of the molecule is Cc1noc(C)c1CN1CCC2(CC[C@H](C(=O)N(C)C)O2)CC1. The van der Waals surface area contributed by atoms with E-state index in [0.717, 1.165) is 56.8 Å². The first-order chi connectivity index (χ1) is 10.9. The maximum absolute atomic E-state index is 12.1. The molecule has 1 aromatic rings. The maximum Gasteiger partial charge on any atom is 0.251 e. The molecular weight excluding hydrogens is 294 g/mol. The van der Waals surface area contributed by atoms with Crippen molar-refractivity contribution >= 4 is 5.91 Å². The van der Waals surface area contributed by atoms with Crippen molar-refractivity contribution in [2.75, 3.05) is 27.2 Å². The van der Waals surface area contributed by atoms with E-state index in [0.29, 0.717) is 0 Å². The van der Waals surface area contributed by atoms with Crippen molar-refractivity contribution in [1.29, 1.82) is 0 Å². The van der Waals surface area contributed by atoms with Gasteiger partial charge < -0.3 is 14.2 Å². The Morgan fingerprint density at radius 3 is 2.57 bits per heavy atom. The van der Waals surface area contributed by atoms with Crippen molar-refractivity contribution in [3.05, 3.63) is 17.0 Å². The molecule has 2 aliphatic heterocycles.